The summed E-state index contributed by atoms with van der Waals surface area (Å²) in [5, 5.41) is 7.98. The van der Waals surface area contributed by atoms with E-state index >= 15 is 0 Å². The lowest BCUT2D eigenvalue weighted by Gasteiger charge is -2.23. The van der Waals surface area contributed by atoms with Crippen molar-refractivity contribution in [3.05, 3.63) is 35.2 Å². The highest BCUT2D eigenvalue weighted by Gasteiger charge is 2.16. The van der Waals surface area contributed by atoms with E-state index in [0.717, 1.165) is 23.8 Å². The molecule has 1 N–H and O–H groups in total. The van der Waals surface area contributed by atoms with Crippen LogP contribution in [0.15, 0.2) is 23.3 Å². The molecule has 0 aliphatic rings. The molecule has 0 aliphatic carbocycles. The summed E-state index contributed by atoms with van der Waals surface area (Å²) < 4.78 is 18.1. The van der Waals surface area contributed by atoms with Gasteiger partial charge < -0.3 is 24.4 Å². The number of nitrogens with one attached hydrogen (secondary N) is 1. The number of aryl methyl sites for hydroxylation is 1. The Morgan fingerprint density at radius 2 is 1.79 bits per heavy atom. The Morgan fingerprint density at radius 3 is 2.28 bits per heavy atom. The van der Waals surface area contributed by atoms with Crippen LogP contribution >= 0.6 is 0 Å². The molecular formula is C21H33N5O3. The van der Waals surface area contributed by atoms with Gasteiger partial charge in [0.25, 0.3) is 0 Å². The molecule has 0 bridgehead atoms. The summed E-state index contributed by atoms with van der Waals surface area (Å²) in [6.45, 7) is 5.60. The Balaban J connectivity index is 2.13. The van der Waals surface area contributed by atoms with Crippen LogP contribution in [0, 0.1) is 0 Å². The van der Waals surface area contributed by atoms with Crippen LogP contribution in [0.4, 0.5) is 0 Å². The number of benzene rings is 1. The van der Waals surface area contributed by atoms with Gasteiger partial charge in [-0.3, -0.25) is 9.67 Å². The van der Waals surface area contributed by atoms with Crippen molar-refractivity contribution in [3.63, 3.8) is 0 Å². The SMILES string of the molecule is CN=C(NCc1cc(OC)c(OC)c(OC)c1)N(C)Cc1cn(C)nc1C(C)C. The molecule has 0 unspecified atom stereocenters. The topological polar surface area (TPSA) is 73.1 Å². The van der Waals surface area contributed by atoms with Gasteiger partial charge in [-0.05, 0) is 23.6 Å². The minimum absolute atomic E-state index is 0.369. The number of hydrogen-bond acceptors (Lipinski definition) is 5. The summed E-state index contributed by atoms with van der Waals surface area (Å²) in [5.74, 6) is 3.00. The highest BCUT2D eigenvalue weighted by molar-refractivity contribution is 5.79. The summed E-state index contributed by atoms with van der Waals surface area (Å²) in [7, 11) is 10.6. The van der Waals surface area contributed by atoms with Crippen LogP contribution in [0.5, 0.6) is 17.2 Å². The van der Waals surface area contributed by atoms with Crippen LogP contribution in [0.3, 0.4) is 0 Å². The zero-order valence-electron chi connectivity index (χ0n) is 18.7. The fourth-order valence-corrected chi connectivity index (χ4v) is 3.30. The third-order valence-corrected chi connectivity index (χ3v) is 4.64. The summed E-state index contributed by atoms with van der Waals surface area (Å²) in [5.41, 5.74) is 3.30. The number of aliphatic imine (C=N–C) groups is 1. The van der Waals surface area contributed by atoms with Crippen LogP contribution in [0.2, 0.25) is 0 Å². The molecule has 2 aromatic rings. The number of ether oxygens (including phenoxy) is 3. The second-order valence-electron chi connectivity index (χ2n) is 7.16. The van der Waals surface area contributed by atoms with E-state index in [2.05, 4.69) is 40.4 Å². The first-order valence-corrected chi connectivity index (χ1v) is 9.57. The molecule has 0 aliphatic heterocycles. The number of hydrogen-bond donors (Lipinski definition) is 1. The molecule has 0 spiro atoms. The molecule has 0 radical (unpaired) electrons. The number of methoxy groups -OCH3 is 3. The van der Waals surface area contributed by atoms with Crippen LogP contribution in [0.25, 0.3) is 0 Å². The molecule has 1 aromatic heterocycles. The number of guanidine groups is 1. The molecule has 0 saturated heterocycles. The van der Waals surface area contributed by atoms with E-state index in [1.54, 1.807) is 28.4 Å². The average molecular weight is 404 g/mol. The van der Waals surface area contributed by atoms with Gasteiger partial charge in [-0.2, -0.15) is 5.10 Å². The average Bonchev–Trinajstić information content (AvgIpc) is 3.07. The van der Waals surface area contributed by atoms with Crippen molar-refractivity contribution in [1.29, 1.82) is 0 Å². The third kappa shape index (κ3) is 5.34. The molecule has 0 saturated carbocycles. The van der Waals surface area contributed by atoms with Gasteiger partial charge in [0.2, 0.25) is 5.75 Å². The second kappa shape index (κ2) is 10.0. The fourth-order valence-electron chi connectivity index (χ4n) is 3.30. The Hall–Kier alpha value is -2.90. The largest absolute Gasteiger partial charge is 0.493 e. The smallest absolute Gasteiger partial charge is 0.203 e. The molecule has 0 fully saturated rings. The summed E-state index contributed by atoms with van der Waals surface area (Å²) in [4.78, 5) is 6.50. The molecule has 8 heteroatoms. The summed E-state index contributed by atoms with van der Waals surface area (Å²) in [6, 6.07) is 3.86. The van der Waals surface area contributed by atoms with Crippen molar-refractivity contribution in [3.8, 4) is 17.2 Å². The highest BCUT2D eigenvalue weighted by atomic mass is 16.5. The summed E-state index contributed by atoms with van der Waals surface area (Å²) in [6.07, 6.45) is 2.07. The first-order chi connectivity index (χ1) is 13.8. The maximum absolute atomic E-state index is 5.43. The van der Waals surface area contributed by atoms with Crippen molar-refractivity contribution < 1.29 is 14.2 Å². The predicted molar refractivity (Wildman–Crippen MR) is 115 cm³/mol. The number of rotatable bonds is 8. The molecule has 1 heterocycles. The van der Waals surface area contributed by atoms with Crippen LogP contribution in [-0.4, -0.2) is 56.1 Å². The van der Waals surface area contributed by atoms with E-state index in [-0.39, 0.29) is 0 Å². The normalized spacial score (nSPS) is 11.6. The zero-order chi connectivity index (χ0) is 21.6. The second-order valence-corrected chi connectivity index (χ2v) is 7.16. The monoisotopic (exact) mass is 403 g/mol. The van der Waals surface area contributed by atoms with Crippen LogP contribution in [-0.2, 0) is 20.1 Å². The molecule has 2 rings (SSSR count). The number of aromatic nitrogens is 2. The van der Waals surface area contributed by atoms with Gasteiger partial charge in [-0.1, -0.05) is 13.8 Å². The van der Waals surface area contributed by atoms with Gasteiger partial charge in [-0.25, -0.2) is 0 Å². The molecular weight excluding hydrogens is 370 g/mol. The Morgan fingerprint density at radius 1 is 1.17 bits per heavy atom. The molecule has 8 nitrogen and oxygen atoms in total. The highest BCUT2D eigenvalue weighted by Crippen LogP contribution is 2.38. The molecule has 29 heavy (non-hydrogen) atoms. The van der Waals surface area contributed by atoms with Crippen LogP contribution < -0.4 is 19.5 Å². The van der Waals surface area contributed by atoms with Crippen molar-refractivity contribution in [2.24, 2.45) is 12.0 Å². The maximum atomic E-state index is 5.43. The first kappa shape index (κ1) is 22.4. The van der Waals surface area contributed by atoms with Crippen molar-refractivity contribution in [1.82, 2.24) is 20.0 Å². The lowest BCUT2D eigenvalue weighted by Crippen LogP contribution is -2.38. The van der Waals surface area contributed by atoms with E-state index in [1.165, 1.54) is 5.56 Å². The number of nitrogens with zero attached hydrogens (tertiary/aromatic N) is 4. The molecule has 1 aromatic carbocycles. The zero-order valence-corrected chi connectivity index (χ0v) is 18.7. The first-order valence-electron chi connectivity index (χ1n) is 9.57. The third-order valence-electron chi connectivity index (χ3n) is 4.64. The van der Waals surface area contributed by atoms with Gasteiger partial charge in [0, 0.05) is 46.0 Å². The Bertz CT molecular complexity index is 820. The predicted octanol–water partition coefficient (Wildman–Crippen LogP) is 2.78. The fraction of sp³-hybridized carbons (Fsp3) is 0.524. The minimum atomic E-state index is 0.369. The van der Waals surface area contributed by atoms with Gasteiger partial charge in [-0.15, -0.1) is 0 Å². The van der Waals surface area contributed by atoms with E-state index in [0.29, 0.717) is 29.7 Å². The lowest BCUT2D eigenvalue weighted by atomic mass is 10.1. The van der Waals surface area contributed by atoms with E-state index in [1.807, 2.05) is 30.9 Å². The maximum Gasteiger partial charge on any atom is 0.203 e. The van der Waals surface area contributed by atoms with Gasteiger partial charge in [0.05, 0.1) is 27.0 Å². The van der Waals surface area contributed by atoms with Crippen molar-refractivity contribution >= 4 is 5.96 Å². The summed E-state index contributed by atoms with van der Waals surface area (Å²) >= 11 is 0. The van der Waals surface area contributed by atoms with Gasteiger partial charge in [0.1, 0.15) is 0 Å². The Labute approximate surface area is 173 Å². The van der Waals surface area contributed by atoms with E-state index in [4.69, 9.17) is 14.2 Å². The van der Waals surface area contributed by atoms with E-state index in [9.17, 15) is 0 Å². The molecule has 0 atom stereocenters. The van der Waals surface area contributed by atoms with Gasteiger partial charge >= 0.3 is 0 Å². The van der Waals surface area contributed by atoms with Crippen LogP contribution in [0.1, 0.15) is 36.6 Å². The van der Waals surface area contributed by atoms with Gasteiger partial charge in [0.15, 0.2) is 17.5 Å². The molecule has 0 amide bonds. The Kier molecular flexibility index (Phi) is 7.75. The molecule has 160 valence electrons. The van der Waals surface area contributed by atoms with Crippen molar-refractivity contribution in [2.75, 3.05) is 35.4 Å². The standard InChI is InChI=1S/C21H33N5O3/c1-14(2)19-16(13-26(5)24-19)12-25(4)21(22-3)23-11-15-9-17(27-6)20(29-8)18(10-15)28-7/h9-10,13-14H,11-12H2,1-8H3,(H,22,23). The quantitative estimate of drug-likeness (QED) is 0.540. The van der Waals surface area contributed by atoms with Crippen molar-refractivity contribution in [2.45, 2.75) is 32.9 Å². The van der Waals surface area contributed by atoms with E-state index < -0.39 is 0 Å². The lowest BCUT2D eigenvalue weighted by molar-refractivity contribution is 0.323. The minimum Gasteiger partial charge on any atom is -0.493 e.